The number of rotatable bonds is 2. The fourth-order valence-electron chi connectivity index (χ4n) is 1.45. The van der Waals surface area contributed by atoms with E-state index >= 15 is 0 Å². The highest BCUT2D eigenvalue weighted by molar-refractivity contribution is 6.02. The third kappa shape index (κ3) is 1.84. The van der Waals surface area contributed by atoms with Crippen LogP contribution in [0, 0.1) is 11.8 Å². The first-order valence-electron chi connectivity index (χ1n) is 4.44. The van der Waals surface area contributed by atoms with Crippen molar-refractivity contribution in [2.75, 3.05) is 6.54 Å². The number of piperidine rings is 1. The minimum Gasteiger partial charge on any atom is -0.355 e. The van der Waals surface area contributed by atoms with Crippen LogP contribution < -0.4 is 5.32 Å². The van der Waals surface area contributed by atoms with Crippen LogP contribution >= 0.6 is 0 Å². The molecule has 1 saturated heterocycles. The van der Waals surface area contributed by atoms with Crippen LogP contribution in [0.1, 0.15) is 26.7 Å². The first-order valence-corrected chi connectivity index (χ1v) is 4.44. The topological polar surface area (TPSA) is 46.2 Å². The van der Waals surface area contributed by atoms with Gasteiger partial charge in [-0.05, 0) is 12.8 Å². The van der Waals surface area contributed by atoms with E-state index in [2.05, 4.69) is 5.32 Å². The van der Waals surface area contributed by atoms with Crippen molar-refractivity contribution in [3.05, 3.63) is 0 Å². The van der Waals surface area contributed by atoms with Gasteiger partial charge in [0.2, 0.25) is 5.91 Å². The van der Waals surface area contributed by atoms with Crippen LogP contribution in [0.2, 0.25) is 0 Å². The van der Waals surface area contributed by atoms with Gasteiger partial charge in [0, 0.05) is 12.5 Å². The van der Waals surface area contributed by atoms with Gasteiger partial charge >= 0.3 is 0 Å². The molecule has 0 aromatic heterocycles. The molecule has 0 aliphatic carbocycles. The molecule has 1 aliphatic heterocycles. The molecule has 1 aliphatic rings. The molecule has 1 fully saturated rings. The van der Waals surface area contributed by atoms with Crippen LogP contribution in [0.3, 0.4) is 0 Å². The van der Waals surface area contributed by atoms with E-state index in [9.17, 15) is 9.59 Å². The molecule has 1 heterocycles. The Balaban J connectivity index is 2.60. The first kappa shape index (κ1) is 9.23. The van der Waals surface area contributed by atoms with Crippen molar-refractivity contribution in [1.82, 2.24) is 5.32 Å². The molecule has 68 valence electrons. The van der Waals surface area contributed by atoms with Crippen molar-refractivity contribution in [3.63, 3.8) is 0 Å². The second kappa shape index (κ2) is 3.70. The number of nitrogens with one attached hydrogen (secondary N) is 1. The Morgan fingerprint density at radius 2 is 2.25 bits per heavy atom. The van der Waals surface area contributed by atoms with Gasteiger partial charge in [0.15, 0.2) is 0 Å². The van der Waals surface area contributed by atoms with Crippen LogP contribution in [-0.2, 0) is 9.59 Å². The van der Waals surface area contributed by atoms with E-state index in [1.54, 1.807) is 0 Å². The van der Waals surface area contributed by atoms with Gasteiger partial charge in [-0.25, -0.2) is 0 Å². The Bertz CT molecular complexity index is 199. The zero-order chi connectivity index (χ0) is 9.14. The van der Waals surface area contributed by atoms with E-state index in [4.69, 9.17) is 0 Å². The Kier molecular flexibility index (Phi) is 2.84. The molecule has 0 aromatic rings. The first-order chi connectivity index (χ1) is 5.63. The van der Waals surface area contributed by atoms with Crippen LogP contribution in [0.25, 0.3) is 0 Å². The summed E-state index contributed by atoms with van der Waals surface area (Å²) in [6.45, 7) is 4.40. The van der Waals surface area contributed by atoms with Gasteiger partial charge in [0.25, 0.3) is 0 Å². The number of amides is 1. The van der Waals surface area contributed by atoms with E-state index in [0.29, 0.717) is 0 Å². The van der Waals surface area contributed by atoms with Gasteiger partial charge < -0.3 is 5.32 Å². The molecule has 0 aromatic carbocycles. The molecule has 1 atom stereocenters. The molecular weight excluding hydrogens is 154 g/mol. The SMILES string of the molecule is CC(C)C(=O)C1CCCNC1=O. The summed E-state index contributed by atoms with van der Waals surface area (Å²) in [4.78, 5) is 22.7. The largest absolute Gasteiger partial charge is 0.355 e. The Labute approximate surface area is 72.5 Å². The Morgan fingerprint density at radius 3 is 2.75 bits per heavy atom. The Morgan fingerprint density at radius 1 is 1.58 bits per heavy atom. The van der Waals surface area contributed by atoms with Gasteiger partial charge in [-0.2, -0.15) is 0 Å². The second-order valence-electron chi connectivity index (χ2n) is 3.54. The minimum atomic E-state index is -0.376. The van der Waals surface area contributed by atoms with Crippen LogP contribution in [0.4, 0.5) is 0 Å². The minimum absolute atomic E-state index is 0.0288. The molecule has 1 rings (SSSR count). The van der Waals surface area contributed by atoms with Gasteiger partial charge in [-0.15, -0.1) is 0 Å². The van der Waals surface area contributed by atoms with Crippen LogP contribution in [0.15, 0.2) is 0 Å². The molecule has 0 spiro atoms. The van der Waals surface area contributed by atoms with Crippen molar-refractivity contribution in [3.8, 4) is 0 Å². The predicted octanol–water partition coefficient (Wildman–Crippen LogP) is 0.738. The molecule has 1 amide bonds. The summed E-state index contributed by atoms with van der Waals surface area (Å²) < 4.78 is 0. The monoisotopic (exact) mass is 169 g/mol. The van der Waals surface area contributed by atoms with Crippen molar-refractivity contribution < 1.29 is 9.59 Å². The lowest BCUT2D eigenvalue weighted by Gasteiger charge is -2.21. The highest BCUT2D eigenvalue weighted by Gasteiger charge is 2.29. The van der Waals surface area contributed by atoms with Gasteiger partial charge in [0.05, 0.1) is 5.92 Å². The third-order valence-corrected chi connectivity index (χ3v) is 2.20. The van der Waals surface area contributed by atoms with E-state index < -0.39 is 0 Å². The quantitative estimate of drug-likeness (QED) is 0.620. The smallest absolute Gasteiger partial charge is 0.230 e. The number of hydrogen-bond donors (Lipinski definition) is 1. The molecule has 3 nitrogen and oxygen atoms in total. The Hall–Kier alpha value is -0.860. The normalized spacial score (nSPS) is 23.9. The van der Waals surface area contributed by atoms with Gasteiger partial charge in [0.1, 0.15) is 5.78 Å². The highest BCUT2D eigenvalue weighted by atomic mass is 16.2. The van der Waals surface area contributed by atoms with Gasteiger partial charge in [-0.3, -0.25) is 9.59 Å². The number of hydrogen-bond acceptors (Lipinski definition) is 2. The molecule has 0 saturated carbocycles. The maximum absolute atomic E-state index is 11.4. The van der Waals surface area contributed by atoms with E-state index in [-0.39, 0.29) is 23.5 Å². The number of carbonyl (C=O) groups excluding carboxylic acids is 2. The summed E-state index contributed by atoms with van der Waals surface area (Å²) in [5.41, 5.74) is 0. The average molecular weight is 169 g/mol. The fourth-order valence-corrected chi connectivity index (χ4v) is 1.45. The van der Waals surface area contributed by atoms with Crippen molar-refractivity contribution >= 4 is 11.7 Å². The van der Waals surface area contributed by atoms with Crippen LogP contribution in [-0.4, -0.2) is 18.2 Å². The maximum Gasteiger partial charge on any atom is 0.230 e. The van der Waals surface area contributed by atoms with Crippen LogP contribution in [0.5, 0.6) is 0 Å². The summed E-state index contributed by atoms with van der Waals surface area (Å²) in [6.07, 6.45) is 1.65. The second-order valence-corrected chi connectivity index (χ2v) is 3.54. The van der Waals surface area contributed by atoms with Crippen molar-refractivity contribution in [1.29, 1.82) is 0 Å². The van der Waals surface area contributed by atoms with Crippen molar-refractivity contribution in [2.24, 2.45) is 11.8 Å². The van der Waals surface area contributed by atoms with Crippen molar-refractivity contribution in [2.45, 2.75) is 26.7 Å². The van der Waals surface area contributed by atoms with E-state index in [0.717, 1.165) is 19.4 Å². The lowest BCUT2D eigenvalue weighted by atomic mass is 9.88. The summed E-state index contributed by atoms with van der Waals surface area (Å²) in [5.74, 6) is -0.412. The zero-order valence-corrected chi connectivity index (χ0v) is 7.59. The molecule has 3 heteroatoms. The zero-order valence-electron chi connectivity index (χ0n) is 7.59. The molecule has 1 N–H and O–H groups in total. The maximum atomic E-state index is 11.4. The average Bonchev–Trinajstić information content (AvgIpc) is 2.04. The van der Waals surface area contributed by atoms with E-state index in [1.165, 1.54) is 0 Å². The lowest BCUT2D eigenvalue weighted by Crippen LogP contribution is -2.41. The summed E-state index contributed by atoms with van der Waals surface area (Å²) in [7, 11) is 0. The lowest BCUT2D eigenvalue weighted by molar-refractivity contribution is -0.137. The number of Topliss-reactive ketones (excluding diaryl/α,β-unsaturated/α-hetero) is 1. The fraction of sp³-hybridized carbons (Fsp3) is 0.778. The number of carbonyl (C=O) groups is 2. The standard InChI is InChI=1S/C9H15NO2/c1-6(2)8(11)7-4-3-5-10-9(7)12/h6-7H,3-5H2,1-2H3,(H,10,12). The summed E-state index contributed by atoms with van der Waals surface area (Å²) >= 11 is 0. The highest BCUT2D eigenvalue weighted by Crippen LogP contribution is 2.16. The number of ketones is 1. The van der Waals surface area contributed by atoms with Gasteiger partial charge in [-0.1, -0.05) is 13.8 Å². The molecule has 1 unspecified atom stereocenters. The molecule has 12 heavy (non-hydrogen) atoms. The molecule has 0 radical (unpaired) electrons. The third-order valence-electron chi connectivity index (χ3n) is 2.20. The molecule has 0 bridgehead atoms. The molecular formula is C9H15NO2. The predicted molar refractivity (Wildman–Crippen MR) is 45.6 cm³/mol. The summed E-state index contributed by atoms with van der Waals surface area (Å²) in [5, 5.41) is 2.71. The summed E-state index contributed by atoms with van der Waals surface area (Å²) in [6, 6.07) is 0. The van der Waals surface area contributed by atoms with E-state index in [1.807, 2.05) is 13.8 Å².